The Bertz CT molecular complexity index is 217. The number of hydrogen-bond acceptors (Lipinski definition) is 2. The Hall–Kier alpha value is -1.01. The number of piperidine rings is 1. The molecule has 0 saturated carbocycles. The number of hydrogen-bond donors (Lipinski definition) is 0. The highest BCUT2D eigenvalue weighted by molar-refractivity contribution is 5.92. The van der Waals surface area contributed by atoms with Crippen molar-refractivity contribution in [2.75, 3.05) is 26.8 Å². The summed E-state index contributed by atoms with van der Waals surface area (Å²) in [5.41, 5.74) is 0. The van der Waals surface area contributed by atoms with Gasteiger partial charge in [0.15, 0.2) is 0 Å². The third-order valence-electron chi connectivity index (χ3n) is 2.33. The van der Waals surface area contributed by atoms with Gasteiger partial charge >= 0.3 is 0 Å². The lowest BCUT2D eigenvalue weighted by Gasteiger charge is -2.30. The summed E-state index contributed by atoms with van der Waals surface area (Å²) in [6, 6.07) is 0. The lowest BCUT2D eigenvalue weighted by molar-refractivity contribution is -0.127. The molecule has 1 fully saturated rings. The first kappa shape index (κ1) is 10.1. The third-order valence-corrected chi connectivity index (χ3v) is 2.33. The summed E-state index contributed by atoms with van der Waals surface area (Å²) in [4.78, 5) is 12.9. The zero-order chi connectivity index (χ0) is 9.68. The number of ether oxygens (including phenoxy) is 1. The lowest BCUT2D eigenvalue weighted by atomic mass is 9.99. The Labute approximate surface area is 79.1 Å². The minimum Gasteiger partial charge on any atom is -0.384 e. The Kier molecular flexibility index (Phi) is 3.78. The topological polar surface area (TPSA) is 29.5 Å². The Morgan fingerprint density at radius 1 is 1.77 bits per heavy atom. The first-order chi connectivity index (χ1) is 6.27. The fourth-order valence-electron chi connectivity index (χ4n) is 1.71. The van der Waals surface area contributed by atoms with Crippen LogP contribution < -0.4 is 0 Å². The molecule has 0 aromatic heterocycles. The predicted molar refractivity (Wildman–Crippen MR) is 50.0 cm³/mol. The molecule has 13 heavy (non-hydrogen) atoms. The van der Waals surface area contributed by atoms with Crippen LogP contribution in [0.25, 0.3) is 0 Å². The van der Waals surface area contributed by atoms with Gasteiger partial charge in [0.1, 0.15) is 0 Å². The van der Waals surface area contributed by atoms with Crippen LogP contribution in [0.2, 0.25) is 0 Å². The summed E-state index contributed by atoms with van der Waals surface area (Å²) in [5.74, 6) is 2.40. The van der Waals surface area contributed by atoms with Gasteiger partial charge in [-0.15, -0.1) is 6.42 Å². The van der Waals surface area contributed by atoms with E-state index >= 15 is 0 Å². The third kappa shape index (κ3) is 2.74. The van der Waals surface area contributed by atoms with Crippen LogP contribution in [-0.2, 0) is 9.53 Å². The molecule has 0 aliphatic carbocycles. The lowest BCUT2D eigenvalue weighted by Crippen LogP contribution is -2.40. The monoisotopic (exact) mass is 181 g/mol. The number of amides is 1. The molecular formula is C10H15NO2. The number of likely N-dealkylation sites (tertiary alicyclic amines) is 1. The number of rotatable bonds is 2. The summed E-state index contributed by atoms with van der Waals surface area (Å²) < 4.78 is 5.05. The van der Waals surface area contributed by atoms with Gasteiger partial charge < -0.3 is 9.64 Å². The fourth-order valence-corrected chi connectivity index (χ4v) is 1.71. The molecule has 3 heteroatoms. The zero-order valence-electron chi connectivity index (χ0n) is 7.95. The van der Waals surface area contributed by atoms with Crippen molar-refractivity contribution in [1.29, 1.82) is 0 Å². The van der Waals surface area contributed by atoms with Gasteiger partial charge in [0.05, 0.1) is 6.61 Å². The molecule has 1 rings (SSSR count). The van der Waals surface area contributed by atoms with E-state index in [0.29, 0.717) is 12.5 Å². The Morgan fingerprint density at radius 3 is 3.15 bits per heavy atom. The van der Waals surface area contributed by atoms with E-state index in [9.17, 15) is 4.79 Å². The van der Waals surface area contributed by atoms with Crippen molar-refractivity contribution >= 4 is 5.91 Å². The molecule has 1 unspecified atom stereocenters. The van der Waals surface area contributed by atoms with Gasteiger partial charge in [-0.25, -0.2) is 0 Å². The molecule has 0 aromatic carbocycles. The zero-order valence-corrected chi connectivity index (χ0v) is 7.95. The SMILES string of the molecule is C#CC(=O)N1CCCC(COC)C1. The largest absolute Gasteiger partial charge is 0.384 e. The number of carbonyl (C=O) groups excluding carboxylic acids is 1. The average molecular weight is 181 g/mol. The van der Waals surface area contributed by atoms with Gasteiger partial charge in [-0.1, -0.05) is 0 Å². The Balaban J connectivity index is 2.42. The van der Waals surface area contributed by atoms with Crippen molar-refractivity contribution in [3.8, 4) is 12.3 Å². The van der Waals surface area contributed by atoms with Gasteiger partial charge in [-0.3, -0.25) is 4.79 Å². The van der Waals surface area contributed by atoms with E-state index < -0.39 is 0 Å². The van der Waals surface area contributed by atoms with E-state index in [4.69, 9.17) is 11.2 Å². The van der Waals surface area contributed by atoms with Crippen LogP contribution >= 0.6 is 0 Å². The molecule has 1 atom stereocenters. The first-order valence-electron chi connectivity index (χ1n) is 4.52. The molecular weight excluding hydrogens is 166 g/mol. The molecule has 0 bridgehead atoms. The second-order valence-corrected chi connectivity index (χ2v) is 3.36. The van der Waals surface area contributed by atoms with Crippen LogP contribution in [0.15, 0.2) is 0 Å². The normalized spacial score (nSPS) is 22.5. The second-order valence-electron chi connectivity index (χ2n) is 3.36. The van der Waals surface area contributed by atoms with E-state index in [0.717, 1.165) is 25.9 Å². The molecule has 0 spiro atoms. The number of terminal acetylenes is 1. The second kappa shape index (κ2) is 4.88. The van der Waals surface area contributed by atoms with Crippen molar-refractivity contribution in [3.05, 3.63) is 0 Å². The van der Waals surface area contributed by atoms with Crippen molar-refractivity contribution in [1.82, 2.24) is 4.90 Å². The van der Waals surface area contributed by atoms with Gasteiger partial charge in [0, 0.05) is 20.2 Å². The number of methoxy groups -OCH3 is 1. The van der Waals surface area contributed by atoms with Crippen LogP contribution in [0.3, 0.4) is 0 Å². The maximum Gasteiger partial charge on any atom is 0.298 e. The van der Waals surface area contributed by atoms with Gasteiger partial charge in [-0.05, 0) is 24.7 Å². The van der Waals surface area contributed by atoms with Gasteiger partial charge in [-0.2, -0.15) is 0 Å². The standard InChI is InChI=1S/C10H15NO2/c1-3-10(12)11-6-4-5-9(7-11)8-13-2/h1,9H,4-8H2,2H3. The maximum absolute atomic E-state index is 11.2. The molecule has 1 amide bonds. The summed E-state index contributed by atoms with van der Waals surface area (Å²) in [7, 11) is 1.68. The fraction of sp³-hybridized carbons (Fsp3) is 0.700. The quantitative estimate of drug-likeness (QED) is 0.581. The van der Waals surface area contributed by atoms with E-state index in [2.05, 4.69) is 5.92 Å². The van der Waals surface area contributed by atoms with Crippen LogP contribution in [0.1, 0.15) is 12.8 Å². The molecule has 72 valence electrons. The minimum atomic E-state index is -0.194. The van der Waals surface area contributed by atoms with Gasteiger partial charge in [0.25, 0.3) is 5.91 Å². The summed E-state index contributed by atoms with van der Waals surface area (Å²) in [5, 5.41) is 0. The van der Waals surface area contributed by atoms with E-state index in [-0.39, 0.29) is 5.91 Å². The van der Waals surface area contributed by atoms with Crippen molar-refractivity contribution in [3.63, 3.8) is 0 Å². The van der Waals surface area contributed by atoms with Gasteiger partial charge in [0.2, 0.25) is 0 Å². The molecule has 1 heterocycles. The maximum atomic E-state index is 11.2. The highest BCUT2D eigenvalue weighted by atomic mass is 16.5. The van der Waals surface area contributed by atoms with Crippen molar-refractivity contribution in [2.45, 2.75) is 12.8 Å². The molecule has 0 aromatic rings. The van der Waals surface area contributed by atoms with E-state index in [1.807, 2.05) is 0 Å². The van der Waals surface area contributed by atoms with Crippen LogP contribution in [0.4, 0.5) is 0 Å². The average Bonchev–Trinajstić information content (AvgIpc) is 2.18. The van der Waals surface area contributed by atoms with E-state index in [1.165, 1.54) is 0 Å². The van der Waals surface area contributed by atoms with Crippen LogP contribution in [0.5, 0.6) is 0 Å². The van der Waals surface area contributed by atoms with Crippen LogP contribution in [-0.4, -0.2) is 37.6 Å². The highest BCUT2D eigenvalue weighted by Crippen LogP contribution is 2.16. The molecule has 1 saturated heterocycles. The number of nitrogens with zero attached hydrogens (tertiary/aromatic N) is 1. The predicted octanol–water partition coefficient (Wildman–Crippen LogP) is 0.505. The molecule has 0 radical (unpaired) electrons. The summed E-state index contributed by atoms with van der Waals surface area (Å²) in [6.07, 6.45) is 7.21. The molecule has 1 aliphatic rings. The molecule has 3 nitrogen and oxygen atoms in total. The number of carbonyl (C=O) groups is 1. The summed E-state index contributed by atoms with van der Waals surface area (Å²) >= 11 is 0. The van der Waals surface area contributed by atoms with Crippen molar-refractivity contribution < 1.29 is 9.53 Å². The smallest absolute Gasteiger partial charge is 0.298 e. The molecule has 0 N–H and O–H groups in total. The van der Waals surface area contributed by atoms with E-state index in [1.54, 1.807) is 12.0 Å². The first-order valence-corrected chi connectivity index (χ1v) is 4.52. The van der Waals surface area contributed by atoms with Crippen molar-refractivity contribution in [2.24, 2.45) is 5.92 Å². The molecule has 1 aliphatic heterocycles. The Morgan fingerprint density at radius 2 is 2.54 bits per heavy atom. The van der Waals surface area contributed by atoms with Crippen LogP contribution in [0, 0.1) is 18.3 Å². The minimum absolute atomic E-state index is 0.194. The summed E-state index contributed by atoms with van der Waals surface area (Å²) in [6.45, 7) is 2.26. The highest BCUT2D eigenvalue weighted by Gasteiger charge is 2.22.